The molecule has 2 rings (SSSR count). The normalized spacial score (nSPS) is 21.2. The van der Waals surface area contributed by atoms with Gasteiger partial charge in [0.2, 0.25) is 10.0 Å². The van der Waals surface area contributed by atoms with E-state index in [0.717, 1.165) is 10.7 Å². The Balaban J connectivity index is 2.43. The Morgan fingerprint density at radius 2 is 2.00 bits per heavy atom. The van der Waals surface area contributed by atoms with Crippen LogP contribution in [0.3, 0.4) is 0 Å². The summed E-state index contributed by atoms with van der Waals surface area (Å²) in [6.45, 7) is 0.251. The molecule has 7 heteroatoms. The van der Waals surface area contributed by atoms with Crippen molar-refractivity contribution in [2.24, 2.45) is 0 Å². The number of benzene rings is 1. The number of hydrogen-bond acceptors (Lipinski definition) is 3. The summed E-state index contributed by atoms with van der Waals surface area (Å²) in [6.07, 6.45) is 1.78. The number of nitrogens with zero attached hydrogens (tertiary/aromatic N) is 1. The number of carbonyl (C=O) groups is 1. The third-order valence-electron chi connectivity index (χ3n) is 3.16. The van der Waals surface area contributed by atoms with Crippen LogP contribution in [0.25, 0.3) is 0 Å². The number of aliphatic carboxylic acids is 1. The molecule has 0 aliphatic carbocycles. The molecule has 0 spiro atoms. The third-order valence-corrected chi connectivity index (χ3v) is 6.08. The number of carboxylic acid groups (broad SMARTS) is 1. The highest BCUT2D eigenvalue weighted by atomic mass is 79.9. The maximum atomic E-state index is 12.6. The molecular weight excluding hydrogens is 334 g/mol. The van der Waals surface area contributed by atoms with Crippen molar-refractivity contribution in [3.8, 4) is 0 Å². The summed E-state index contributed by atoms with van der Waals surface area (Å²) in [7, 11) is -3.78. The highest BCUT2D eigenvalue weighted by molar-refractivity contribution is 9.10. The fraction of sp³-hybridized carbons (Fsp3) is 0.417. The monoisotopic (exact) mass is 347 g/mol. The van der Waals surface area contributed by atoms with E-state index in [1.54, 1.807) is 18.2 Å². The molecule has 0 saturated carbocycles. The summed E-state index contributed by atoms with van der Waals surface area (Å²) >= 11 is 3.20. The summed E-state index contributed by atoms with van der Waals surface area (Å²) in [5.41, 5.74) is 0. The number of carboxylic acids is 1. The molecule has 1 fully saturated rings. The quantitative estimate of drug-likeness (QED) is 0.908. The molecule has 1 aromatic rings. The van der Waals surface area contributed by atoms with Gasteiger partial charge in [0.15, 0.2) is 0 Å². The largest absolute Gasteiger partial charge is 0.480 e. The van der Waals surface area contributed by atoms with E-state index in [1.807, 2.05) is 0 Å². The summed E-state index contributed by atoms with van der Waals surface area (Å²) in [5.74, 6) is -1.09. The van der Waals surface area contributed by atoms with Gasteiger partial charge in [-0.3, -0.25) is 4.79 Å². The molecule has 0 amide bonds. The van der Waals surface area contributed by atoms with Crippen molar-refractivity contribution in [1.29, 1.82) is 0 Å². The topological polar surface area (TPSA) is 74.7 Å². The first-order valence-corrected chi connectivity index (χ1v) is 8.17. The van der Waals surface area contributed by atoms with E-state index in [4.69, 9.17) is 0 Å². The zero-order valence-electron chi connectivity index (χ0n) is 10.1. The molecule has 1 saturated heterocycles. The standard InChI is InChI=1S/C12H14BrNO4S/c13-9-5-1-2-7-11(9)19(17,18)14-8-4-3-6-10(14)12(15)16/h1-2,5,7,10H,3-4,6,8H2,(H,15,16)/t10-/m1/s1. The molecule has 0 radical (unpaired) electrons. The molecule has 104 valence electrons. The van der Waals surface area contributed by atoms with Crippen LogP contribution in [0, 0.1) is 0 Å². The van der Waals surface area contributed by atoms with E-state index >= 15 is 0 Å². The van der Waals surface area contributed by atoms with Crippen molar-refractivity contribution in [3.63, 3.8) is 0 Å². The maximum absolute atomic E-state index is 12.6. The molecule has 0 aromatic heterocycles. The average Bonchev–Trinajstić information content (AvgIpc) is 2.39. The van der Waals surface area contributed by atoms with Gasteiger partial charge in [-0.05, 0) is 47.3 Å². The van der Waals surface area contributed by atoms with Crippen LogP contribution in [-0.2, 0) is 14.8 Å². The molecule has 1 aliphatic rings. The van der Waals surface area contributed by atoms with Gasteiger partial charge in [0, 0.05) is 11.0 Å². The molecule has 1 heterocycles. The van der Waals surface area contributed by atoms with Crippen LogP contribution in [0.4, 0.5) is 0 Å². The van der Waals surface area contributed by atoms with Gasteiger partial charge in [-0.1, -0.05) is 12.1 Å². The molecule has 1 aromatic carbocycles. The second kappa shape index (κ2) is 5.60. The van der Waals surface area contributed by atoms with E-state index in [0.29, 0.717) is 17.3 Å². The molecule has 1 aliphatic heterocycles. The Labute approximate surface area is 120 Å². The lowest BCUT2D eigenvalue weighted by atomic mass is 10.1. The molecule has 0 unspecified atom stereocenters. The smallest absolute Gasteiger partial charge is 0.322 e. The predicted molar refractivity (Wildman–Crippen MR) is 73.3 cm³/mol. The second-order valence-corrected chi connectivity index (χ2v) is 7.11. The maximum Gasteiger partial charge on any atom is 0.322 e. The van der Waals surface area contributed by atoms with E-state index in [-0.39, 0.29) is 11.4 Å². The highest BCUT2D eigenvalue weighted by Crippen LogP contribution is 2.29. The van der Waals surface area contributed by atoms with Crippen LogP contribution < -0.4 is 0 Å². The highest BCUT2D eigenvalue weighted by Gasteiger charge is 2.38. The number of halogens is 1. The first kappa shape index (κ1) is 14.5. The number of hydrogen-bond donors (Lipinski definition) is 1. The molecule has 1 atom stereocenters. The predicted octanol–water partition coefficient (Wildman–Crippen LogP) is 2.08. The first-order valence-electron chi connectivity index (χ1n) is 5.94. The van der Waals surface area contributed by atoms with Crippen molar-refractivity contribution >= 4 is 31.9 Å². The summed E-state index contributed by atoms with van der Waals surface area (Å²) in [6, 6.07) is 5.48. The van der Waals surface area contributed by atoms with Gasteiger partial charge in [-0.25, -0.2) is 8.42 Å². The fourth-order valence-electron chi connectivity index (χ4n) is 2.22. The Bertz CT molecular complexity index is 587. The van der Waals surface area contributed by atoms with Gasteiger partial charge in [-0.15, -0.1) is 0 Å². The van der Waals surface area contributed by atoms with E-state index in [2.05, 4.69) is 15.9 Å². The Morgan fingerprint density at radius 3 is 2.63 bits per heavy atom. The van der Waals surface area contributed by atoms with E-state index in [9.17, 15) is 18.3 Å². The van der Waals surface area contributed by atoms with Gasteiger partial charge in [0.1, 0.15) is 6.04 Å². The summed E-state index contributed by atoms with van der Waals surface area (Å²) in [4.78, 5) is 11.3. The minimum atomic E-state index is -3.78. The Kier molecular flexibility index (Phi) is 4.27. The Morgan fingerprint density at radius 1 is 1.32 bits per heavy atom. The van der Waals surface area contributed by atoms with Crippen LogP contribution in [0.5, 0.6) is 0 Å². The van der Waals surface area contributed by atoms with E-state index in [1.165, 1.54) is 6.07 Å². The minimum Gasteiger partial charge on any atom is -0.480 e. The van der Waals surface area contributed by atoms with Gasteiger partial charge in [-0.2, -0.15) is 4.31 Å². The van der Waals surface area contributed by atoms with Crippen molar-refractivity contribution < 1.29 is 18.3 Å². The van der Waals surface area contributed by atoms with Crippen LogP contribution >= 0.6 is 15.9 Å². The molecule has 5 nitrogen and oxygen atoms in total. The van der Waals surface area contributed by atoms with Crippen LogP contribution in [0.2, 0.25) is 0 Å². The minimum absolute atomic E-state index is 0.114. The lowest BCUT2D eigenvalue weighted by Crippen LogP contribution is -2.47. The van der Waals surface area contributed by atoms with E-state index < -0.39 is 22.0 Å². The first-order chi connectivity index (χ1) is 8.94. The zero-order valence-corrected chi connectivity index (χ0v) is 12.5. The second-order valence-electron chi connectivity index (χ2n) is 4.40. The lowest BCUT2D eigenvalue weighted by molar-refractivity contribution is -0.142. The van der Waals surface area contributed by atoms with Gasteiger partial charge >= 0.3 is 5.97 Å². The Hall–Kier alpha value is -0.920. The molecular formula is C12H14BrNO4S. The van der Waals surface area contributed by atoms with Crippen molar-refractivity contribution in [2.75, 3.05) is 6.54 Å². The average molecular weight is 348 g/mol. The fourth-order valence-corrected chi connectivity index (χ4v) is 4.84. The number of sulfonamides is 1. The van der Waals surface area contributed by atoms with Crippen molar-refractivity contribution in [3.05, 3.63) is 28.7 Å². The van der Waals surface area contributed by atoms with Crippen LogP contribution in [-0.4, -0.2) is 36.4 Å². The van der Waals surface area contributed by atoms with Crippen molar-refractivity contribution in [2.45, 2.75) is 30.2 Å². The lowest BCUT2D eigenvalue weighted by Gasteiger charge is -2.32. The number of rotatable bonds is 3. The van der Waals surface area contributed by atoms with Crippen molar-refractivity contribution in [1.82, 2.24) is 4.31 Å². The zero-order chi connectivity index (χ0) is 14.0. The summed E-state index contributed by atoms with van der Waals surface area (Å²) in [5, 5.41) is 9.17. The third kappa shape index (κ3) is 2.82. The molecule has 19 heavy (non-hydrogen) atoms. The SMILES string of the molecule is O=C(O)[C@H]1CCCCN1S(=O)(=O)c1ccccc1Br. The van der Waals surface area contributed by atoms with Crippen LogP contribution in [0.1, 0.15) is 19.3 Å². The molecule has 0 bridgehead atoms. The summed E-state index contributed by atoms with van der Waals surface area (Å²) < 4.78 is 26.7. The number of piperidine rings is 1. The molecule has 1 N–H and O–H groups in total. The van der Waals surface area contributed by atoms with Crippen LogP contribution in [0.15, 0.2) is 33.6 Å². The van der Waals surface area contributed by atoms with Gasteiger partial charge < -0.3 is 5.11 Å². The van der Waals surface area contributed by atoms with Gasteiger partial charge in [0.05, 0.1) is 4.90 Å². The van der Waals surface area contributed by atoms with Gasteiger partial charge in [0.25, 0.3) is 0 Å².